The third-order valence-electron chi connectivity index (χ3n) is 3.93. The summed E-state index contributed by atoms with van der Waals surface area (Å²) in [7, 11) is -7.56. The van der Waals surface area contributed by atoms with Gasteiger partial charge in [0.15, 0.2) is 5.13 Å². The normalized spacial score (nSPS) is 12.1. The predicted octanol–water partition coefficient (Wildman–Crippen LogP) is 3.87. The van der Waals surface area contributed by atoms with Gasteiger partial charge in [-0.2, -0.15) is 0 Å². The summed E-state index contributed by atoms with van der Waals surface area (Å²) in [6.07, 6.45) is 1.49. The van der Waals surface area contributed by atoms with E-state index in [9.17, 15) is 16.8 Å². The molecule has 0 saturated heterocycles. The third kappa shape index (κ3) is 4.70. The lowest BCUT2D eigenvalue weighted by Crippen LogP contribution is -2.14. The van der Waals surface area contributed by atoms with Gasteiger partial charge in [-0.1, -0.05) is 26.0 Å². The van der Waals surface area contributed by atoms with Crippen molar-refractivity contribution in [2.45, 2.75) is 29.6 Å². The van der Waals surface area contributed by atoms with Gasteiger partial charge in [-0.05, 0) is 47.9 Å². The standard InChI is InChI=1S/C18H19N3O4S3/c1-13(2)14-3-7-16(8-4-14)27(22,23)20-15-5-9-17(10-6-15)28(24,25)21-18-19-11-12-26-18/h3-13,20H,1-2H3,(H,19,21). The zero-order chi connectivity index (χ0) is 20.4. The number of benzene rings is 2. The monoisotopic (exact) mass is 437 g/mol. The van der Waals surface area contributed by atoms with E-state index < -0.39 is 20.0 Å². The van der Waals surface area contributed by atoms with E-state index in [-0.39, 0.29) is 20.6 Å². The first-order valence-electron chi connectivity index (χ1n) is 8.32. The van der Waals surface area contributed by atoms with Crippen molar-refractivity contribution in [1.29, 1.82) is 0 Å². The molecule has 0 spiro atoms. The summed E-state index contributed by atoms with van der Waals surface area (Å²) in [6.45, 7) is 4.06. The number of thiazole rings is 1. The summed E-state index contributed by atoms with van der Waals surface area (Å²) in [5.41, 5.74) is 1.31. The van der Waals surface area contributed by atoms with Crippen molar-refractivity contribution >= 4 is 42.2 Å². The van der Waals surface area contributed by atoms with E-state index >= 15 is 0 Å². The Balaban J connectivity index is 1.76. The molecule has 0 aliphatic rings. The molecule has 3 aromatic rings. The molecule has 0 fully saturated rings. The van der Waals surface area contributed by atoms with Crippen LogP contribution in [0.25, 0.3) is 0 Å². The summed E-state index contributed by atoms with van der Waals surface area (Å²) >= 11 is 1.16. The molecule has 0 aliphatic carbocycles. The summed E-state index contributed by atoms with van der Waals surface area (Å²) in [5.74, 6) is 0.303. The second-order valence-electron chi connectivity index (χ2n) is 6.30. The number of rotatable bonds is 7. The number of anilines is 2. The first-order valence-corrected chi connectivity index (χ1v) is 12.2. The molecule has 0 amide bonds. The average Bonchev–Trinajstić information content (AvgIpc) is 3.14. The summed E-state index contributed by atoms with van der Waals surface area (Å²) in [4.78, 5) is 4.02. The number of nitrogens with one attached hydrogen (secondary N) is 2. The summed E-state index contributed by atoms with van der Waals surface area (Å²) in [6, 6.07) is 12.1. The molecule has 3 rings (SSSR count). The maximum Gasteiger partial charge on any atom is 0.263 e. The zero-order valence-electron chi connectivity index (χ0n) is 15.2. The van der Waals surface area contributed by atoms with E-state index in [2.05, 4.69) is 14.4 Å². The molecule has 0 unspecified atom stereocenters. The molecule has 0 aliphatic heterocycles. The largest absolute Gasteiger partial charge is 0.280 e. The highest BCUT2D eigenvalue weighted by molar-refractivity contribution is 7.93. The molecule has 10 heteroatoms. The Hall–Kier alpha value is -2.43. The first-order chi connectivity index (χ1) is 13.2. The van der Waals surface area contributed by atoms with E-state index in [0.29, 0.717) is 5.92 Å². The van der Waals surface area contributed by atoms with Crippen molar-refractivity contribution < 1.29 is 16.8 Å². The molecule has 0 atom stereocenters. The molecule has 1 heterocycles. The highest BCUT2D eigenvalue weighted by Gasteiger charge is 2.17. The van der Waals surface area contributed by atoms with Gasteiger partial charge in [-0.25, -0.2) is 21.8 Å². The maximum absolute atomic E-state index is 12.5. The van der Waals surface area contributed by atoms with Crippen LogP contribution in [0.3, 0.4) is 0 Å². The molecular weight excluding hydrogens is 418 g/mol. The van der Waals surface area contributed by atoms with Crippen LogP contribution in [0, 0.1) is 0 Å². The van der Waals surface area contributed by atoms with E-state index in [1.807, 2.05) is 13.8 Å². The Morgan fingerprint density at radius 2 is 1.36 bits per heavy atom. The summed E-state index contributed by atoms with van der Waals surface area (Å²) < 4.78 is 54.5. The van der Waals surface area contributed by atoms with Gasteiger partial charge in [0.1, 0.15) is 0 Å². The number of aromatic nitrogens is 1. The van der Waals surface area contributed by atoms with Crippen molar-refractivity contribution in [1.82, 2.24) is 4.98 Å². The van der Waals surface area contributed by atoms with Gasteiger partial charge in [0.25, 0.3) is 20.0 Å². The van der Waals surface area contributed by atoms with E-state index in [1.165, 1.54) is 30.5 Å². The van der Waals surface area contributed by atoms with Crippen LogP contribution < -0.4 is 9.44 Å². The van der Waals surface area contributed by atoms with Crippen LogP contribution in [-0.2, 0) is 20.0 Å². The Kier molecular flexibility index (Phi) is 5.73. The molecule has 148 valence electrons. The van der Waals surface area contributed by atoms with Crippen molar-refractivity contribution in [3.05, 3.63) is 65.7 Å². The SMILES string of the molecule is CC(C)c1ccc(S(=O)(=O)Nc2ccc(S(=O)(=O)Nc3nccs3)cc2)cc1. The van der Waals surface area contributed by atoms with Crippen LogP contribution in [0.2, 0.25) is 0 Å². The fraction of sp³-hybridized carbons (Fsp3) is 0.167. The molecular formula is C18H19N3O4S3. The predicted molar refractivity (Wildman–Crippen MR) is 111 cm³/mol. The Morgan fingerprint density at radius 1 is 0.821 bits per heavy atom. The van der Waals surface area contributed by atoms with Crippen LogP contribution in [0.1, 0.15) is 25.3 Å². The van der Waals surface area contributed by atoms with Crippen LogP contribution in [0.15, 0.2) is 69.9 Å². The van der Waals surface area contributed by atoms with Gasteiger partial charge < -0.3 is 0 Å². The van der Waals surface area contributed by atoms with Crippen molar-refractivity contribution in [3.8, 4) is 0 Å². The average molecular weight is 438 g/mol. The third-order valence-corrected chi connectivity index (χ3v) is 7.50. The number of nitrogens with zero attached hydrogens (tertiary/aromatic N) is 1. The molecule has 28 heavy (non-hydrogen) atoms. The maximum atomic E-state index is 12.5. The topological polar surface area (TPSA) is 105 Å². The van der Waals surface area contributed by atoms with Gasteiger partial charge in [0, 0.05) is 17.3 Å². The Morgan fingerprint density at radius 3 is 1.86 bits per heavy atom. The Bertz CT molecular complexity index is 1140. The fourth-order valence-electron chi connectivity index (χ4n) is 2.40. The fourth-order valence-corrected chi connectivity index (χ4v) is 5.24. The lowest BCUT2D eigenvalue weighted by Gasteiger charge is -2.11. The quantitative estimate of drug-likeness (QED) is 0.584. The molecule has 2 N–H and O–H groups in total. The molecule has 0 bridgehead atoms. The first kappa shape index (κ1) is 20.3. The molecule has 2 aromatic carbocycles. The second-order valence-corrected chi connectivity index (χ2v) is 10.6. The van der Waals surface area contributed by atoms with Crippen LogP contribution in [0.4, 0.5) is 10.8 Å². The summed E-state index contributed by atoms with van der Waals surface area (Å²) in [5, 5.41) is 1.92. The minimum Gasteiger partial charge on any atom is -0.280 e. The number of hydrogen-bond acceptors (Lipinski definition) is 6. The van der Waals surface area contributed by atoms with Crippen LogP contribution in [0.5, 0.6) is 0 Å². The second kappa shape index (κ2) is 7.90. The Labute approximate surface area is 168 Å². The molecule has 1 aromatic heterocycles. The van der Waals surface area contributed by atoms with Crippen LogP contribution in [-0.4, -0.2) is 21.8 Å². The lowest BCUT2D eigenvalue weighted by molar-refractivity contribution is 0.600. The van der Waals surface area contributed by atoms with Crippen molar-refractivity contribution in [2.75, 3.05) is 9.44 Å². The van der Waals surface area contributed by atoms with Gasteiger partial charge in [-0.15, -0.1) is 11.3 Å². The van der Waals surface area contributed by atoms with E-state index in [1.54, 1.807) is 29.6 Å². The number of hydrogen-bond donors (Lipinski definition) is 2. The molecule has 0 saturated carbocycles. The zero-order valence-corrected chi connectivity index (χ0v) is 17.6. The van der Waals surface area contributed by atoms with Crippen LogP contribution >= 0.6 is 11.3 Å². The molecule has 7 nitrogen and oxygen atoms in total. The molecule has 0 radical (unpaired) electrons. The van der Waals surface area contributed by atoms with Crippen molar-refractivity contribution in [3.63, 3.8) is 0 Å². The van der Waals surface area contributed by atoms with Crippen molar-refractivity contribution in [2.24, 2.45) is 0 Å². The highest BCUT2D eigenvalue weighted by atomic mass is 32.2. The smallest absolute Gasteiger partial charge is 0.263 e. The minimum absolute atomic E-state index is 0.00642. The van der Waals surface area contributed by atoms with Gasteiger partial charge in [0.05, 0.1) is 9.79 Å². The lowest BCUT2D eigenvalue weighted by atomic mass is 10.0. The highest BCUT2D eigenvalue weighted by Crippen LogP contribution is 2.22. The number of sulfonamides is 2. The van der Waals surface area contributed by atoms with Gasteiger partial charge >= 0.3 is 0 Å². The van der Waals surface area contributed by atoms with E-state index in [0.717, 1.165) is 16.9 Å². The van der Waals surface area contributed by atoms with Gasteiger partial charge in [0.2, 0.25) is 0 Å². The minimum atomic E-state index is -3.79. The van der Waals surface area contributed by atoms with E-state index in [4.69, 9.17) is 0 Å². The van der Waals surface area contributed by atoms with Gasteiger partial charge in [-0.3, -0.25) is 9.44 Å².